The summed E-state index contributed by atoms with van der Waals surface area (Å²) in [6, 6.07) is 0. The van der Waals surface area contributed by atoms with E-state index in [0.717, 1.165) is 31.6 Å². The van der Waals surface area contributed by atoms with E-state index >= 15 is 0 Å². The van der Waals surface area contributed by atoms with Gasteiger partial charge in [0.2, 0.25) is 0 Å². The molecule has 0 unspecified atom stereocenters. The number of hydrazine groups is 1. The maximum atomic E-state index is 5.45. The minimum atomic E-state index is 0.598. The van der Waals surface area contributed by atoms with Gasteiger partial charge in [-0.25, -0.2) is 5.01 Å². The molecule has 0 aromatic heterocycles. The second kappa shape index (κ2) is 10.5. The molecule has 0 rings (SSSR count). The Morgan fingerprint density at radius 3 is 2.88 bits per heavy atom. The number of nitrogens with zero attached hydrogens (tertiary/aromatic N) is 3. The lowest BCUT2D eigenvalue weighted by Crippen LogP contribution is -2.33. The number of likely N-dealkylation sites (N-methyl/N-ethyl adjacent to an activating group) is 1. The van der Waals surface area contributed by atoms with Gasteiger partial charge in [0, 0.05) is 32.0 Å². The van der Waals surface area contributed by atoms with Gasteiger partial charge in [-0.05, 0) is 19.2 Å². The summed E-state index contributed by atoms with van der Waals surface area (Å²) in [6.45, 7) is 7.86. The van der Waals surface area contributed by atoms with Crippen molar-refractivity contribution in [2.75, 3.05) is 26.8 Å². The minimum Gasteiger partial charge on any atom is -0.297 e. The quantitative estimate of drug-likeness (QED) is 0.264. The van der Waals surface area contributed by atoms with E-state index in [4.69, 9.17) is 5.84 Å². The van der Waals surface area contributed by atoms with Crippen molar-refractivity contribution in [1.82, 2.24) is 10.3 Å². The summed E-state index contributed by atoms with van der Waals surface area (Å²) in [6.07, 6.45) is 5.67. The van der Waals surface area contributed by atoms with E-state index in [1.807, 2.05) is 13.1 Å². The molecule has 3 N–H and O–H groups in total. The summed E-state index contributed by atoms with van der Waals surface area (Å²) in [4.78, 5) is 8.09. The second-order valence-electron chi connectivity index (χ2n) is 3.54. The lowest BCUT2D eigenvalue weighted by Gasteiger charge is -2.08. The molecule has 0 aromatic rings. The van der Waals surface area contributed by atoms with Gasteiger partial charge in [-0.15, -0.1) is 0 Å². The normalized spacial score (nSPS) is 12.6. The molecule has 0 aliphatic rings. The van der Waals surface area contributed by atoms with Gasteiger partial charge < -0.3 is 0 Å². The molecule has 16 heavy (non-hydrogen) atoms. The monoisotopic (exact) mass is 225 g/mol. The number of allylic oxidation sites excluding steroid dienone is 2. The van der Waals surface area contributed by atoms with Crippen LogP contribution in [-0.2, 0) is 0 Å². The van der Waals surface area contributed by atoms with Crippen molar-refractivity contribution in [3.05, 3.63) is 11.8 Å². The topological polar surface area (TPSA) is 66.0 Å². The number of nitrogens with two attached hydrogens (primary N) is 1. The van der Waals surface area contributed by atoms with Crippen molar-refractivity contribution >= 4 is 12.9 Å². The number of nitrogens with one attached hydrogen (secondary N) is 1. The van der Waals surface area contributed by atoms with Crippen molar-refractivity contribution in [2.24, 2.45) is 15.8 Å². The largest absolute Gasteiger partial charge is 0.297 e. The lowest BCUT2D eigenvalue weighted by molar-refractivity contribution is 0.346. The summed E-state index contributed by atoms with van der Waals surface area (Å²) in [5, 5.41) is 4.78. The first kappa shape index (κ1) is 15.0. The van der Waals surface area contributed by atoms with Crippen molar-refractivity contribution in [3.63, 3.8) is 0 Å². The predicted octanol–water partition coefficient (Wildman–Crippen LogP) is 0.794. The zero-order chi connectivity index (χ0) is 12.2. The molecule has 0 aliphatic carbocycles. The predicted molar refractivity (Wildman–Crippen MR) is 70.7 cm³/mol. The van der Waals surface area contributed by atoms with Gasteiger partial charge >= 0.3 is 0 Å². The first-order valence-corrected chi connectivity index (χ1v) is 5.53. The summed E-state index contributed by atoms with van der Waals surface area (Å²) in [5.41, 5.74) is 0.980. The van der Waals surface area contributed by atoms with Crippen LogP contribution in [0.15, 0.2) is 21.8 Å². The Hall–Kier alpha value is -1.04. The Bertz CT molecular complexity index is 233. The number of hydrogen-bond donors (Lipinski definition) is 2. The fourth-order valence-electron chi connectivity index (χ4n) is 1.06. The average molecular weight is 225 g/mol. The molecule has 0 bridgehead atoms. The summed E-state index contributed by atoms with van der Waals surface area (Å²) in [7, 11) is 1.83. The van der Waals surface area contributed by atoms with Crippen LogP contribution in [0.25, 0.3) is 0 Å². The highest BCUT2D eigenvalue weighted by atomic mass is 15.4. The molecule has 0 aliphatic heterocycles. The highest BCUT2D eigenvalue weighted by Crippen LogP contribution is 2.03. The molecule has 0 atom stereocenters. The average Bonchev–Trinajstić information content (AvgIpc) is 2.26. The van der Waals surface area contributed by atoms with Crippen LogP contribution in [0.4, 0.5) is 0 Å². The maximum absolute atomic E-state index is 5.45. The highest BCUT2D eigenvalue weighted by Gasteiger charge is 1.89. The first-order valence-electron chi connectivity index (χ1n) is 5.53. The molecule has 0 amide bonds. The fourth-order valence-corrected chi connectivity index (χ4v) is 1.06. The molecule has 0 fully saturated rings. The Morgan fingerprint density at radius 1 is 1.56 bits per heavy atom. The van der Waals surface area contributed by atoms with Crippen LogP contribution in [0.3, 0.4) is 0 Å². The van der Waals surface area contributed by atoms with Crippen molar-refractivity contribution < 1.29 is 0 Å². The molecule has 0 saturated carbocycles. The number of hydrogen-bond acceptors (Lipinski definition) is 5. The van der Waals surface area contributed by atoms with Crippen molar-refractivity contribution in [3.8, 4) is 0 Å². The lowest BCUT2D eigenvalue weighted by atomic mass is 10.2. The molecule has 0 heterocycles. The Balaban J connectivity index is 3.63. The van der Waals surface area contributed by atoms with Crippen LogP contribution in [0, 0.1) is 0 Å². The molecule has 5 nitrogen and oxygen atoms in total. The fraction of sp³-hybridized carbons (Fsp3) is 0.636. The standard InChI is InChI=1S/C11H23N5/c1-4-5-11(13-2)6-7-14-10-15-8-9-16(3)12/h6-7,15H,2,4-5,8-10,12H2,1,3H3/b11-6-,14-7-. The zero-order valence-corrected chi connectivity index (χ0v) is 10.3. The van der Waals surface area contributed by atoms with Gasteiger partial charge in [-0.1, -0.05) is 13.3 Å². The van der Waals surface area contributed by atoms with Crippen LogP contribution < -0.4 is 11.2 Å². The second-order valence-corrected chi connectivity index (χ2v) is 3.54. The van der Waals surface area contributed by atoms with E-state index in [9.17, 15) is 0 Å². The molecular formula is C11H23N5. The van der Waals surface area contributed by atoms with Gasteiger partial charge in [0.15, 0.2) is 0 Å². The third-order valence-electron chi connectivity index (χ3n) is 1.93. The van der Waals surface area contributed by atoms with E-state index in [-0.39, 0.29) is 0 Å². The molecule has 5 heteroatoms. The van der Waals surface area contributed by atoms with Gasteiger partial charge in [0.1, 0.15) is 0 Å². The van der Waals surface area contributed by atoms with E-state index in [0.29, 0.717) is 6.67 Å². The third-order valence-corrected chi connectivity index (χ3v) is 1.93. The Labute approximate surface area is 98.1 Å². The number of aliphatic imine (C=N–C) groups is 2. The Morgan fingerprint density at radius 2 is 2.31 bits per heavy atom. The van der Waals surface area contributed by atoms with Gasteiger partial charge in [0.25, 0.3) is 0 Å². The Kier molecular flexibility index (Phi) is 9.80. The van der Waals surface area contributed by atoms with Gasteiger partial charge in [0.05, 0.1) is 6.67 Å². The van der Waals surface area contributed by atoms with E-state index in [2.05, 4.69) is 28.9 Å². The van der Waals surface area contributed by atoms with Gasteiger partial charge in [-0.3, -0.25) is 21.1 Å². The van der Waals surface area contributed by atoms with Crippen LogP contribution in [0.2, 0.25) is 0 Å². The zero-order valence-electron chi connectivity index (χ0n) is 10.3. The number of rotatable bonds is 9. The molecule has 92 valence electrons. The smallest absolute Gasteiger partial charge is 0.0884 e. The summed E-state index contributed by atoms with van der Waals surface area (Å²) in [5.74, 6) is 5.45. The SMILES string of the molecule is C=N/C(=C\C=N/CNCCN(C)N)CCC. The van der Waals surface area contributed by atoms with E-state index < -0.39 is 0 Å². The molecular weight excluding hydrogens is 202 g/mol. The summed E-state index contributed by atoms with van der Waals surface area (Å²) < 4.78 is 0. The van der Waals surface area contributed by atoms with Gasteiger partial charge in [-0.2, -0.15) is 0 Å². The van der Waals surface area contributed by atoms with Crippen LogP contribution in [0.5, 0.6) is 0 Å². The first-order chi connectivity index (χ1) is 7.70. The van der Waals surface area contributed by atoms with E-state index in [1.54, 1.807) is 11.2 Å². The molecule has 0 radical (unpaired) electrons. The summed E-state index contributed by atoms with van der Waals surface area (Å²) >= 11 is 0. The maximum Gasteiger partial charge on any atom is 0.0884 e. The highest BCUT2D eigenvalue weighted by molar-refractivity contribution is 5.72. The van der Waals surface area contributed by atoms with Crippen molar-refractivity contribution in [1.29, 1.82) is 0 Å². The molecule has 0 aromatic carbocycles. The third kappa shape index (κ3) is 9.51. The minimum absolute atomic E-state index is 0.598. The molecule has 0 spiro atoms. The van der Waals surface area contributed by atoms with Crippen LogP contribution in [0.1, 0.15) is 19.8 Å². The van der Waals surface area contributed by atoms with E-state index in [1.165, 1.54) is 0 Å². The van der Waals surface area contributed by atoms with Crippen LogP contribution in [-0.4, -0.2) is 44.7 Å². The van der Waals surface area contributed by atoms with Crippen molar-refractivity contribution in [2.45, 2.75) is 19.8 Å². The molecule has 0 saturated heterocycles. The van der Waals surface area contributed by atoms with Crippen LogP contribution >= 0.6 is 0 Å².